The first kappa shape index (κ1) is 22.5. The van der Waals surface area contributed by atoms with Gasteiger partial charge in [0.25, 0.3) is 5.56 Å². The Hall–Kier alpha value is -4.33. The number of pyridine rings is 1. The van der Waals surface area contributed by atoms with Gasteiger partial charge in [-0.3, -0.25) is 4.79 Å². The van der Waals surface area contributed by atoms with Gasteiger partial charge in [-0.2, -0.15) is 0 Å². The van der Waals surface area contributed by atoms with Gasteiger partial charge >= 0.3 is 6.03 Å². The Morgan fingerprint density at radius 1 is 1.00 bits per heavy atom. The number of hydrogen-bond donors (Lipinski definition) is 2. The molecular formula is C27H24FN3O4. The minimum absolute atomic E-state index is 0.0217. The van der Waals surface area contributed by atoms with Crippen LogP contribution >= 0.6 is 0 Å². The summed E-state index contributed by atoms with van der Waals surface area (Å²) in [6.45, 7) is 3.14. The highest BCUT2D eigenvalue weighted by molar-refractivity contribution is 5.89. The molecule has 7 nitrogen and oxygen atoms in total. The SMILES string of the molecule is Cc1ccc(CN(Cc2cc3cc4c(cc3[nH]c2=O)OCCO4)C(=O)Nc2ccccc2F)cc1. The normalized spacial score (nSPS) is 12.4. The van der Waals surface area contributed by atoms with Crippen LogP contribution in [-0.2, 0) is 13.1 Å². The number of anilines is 1. The Labute approximate surface area is 201 Å². The number of H-pyrrole nitrogens is 1. The van der Waals surface area contributed by atoms with E-state index in [1.54, 1.807) is 24.3 Å². The molecule has 0 atom stereocenters. The van der Waals surface area contributed by atoms with Crippen LogP contribution in [0.1, 0.15) is 16.7 Å². The first-order chi connectivity index (χ1) is 17.0. The Morgan fingerprint density at radius 2 is 1.71 bits per heavy atom. The lowest BCUT2D eigenvalue weighted by atomic mass is 10.1. The summed E-state index contributed by atoms with van der Waals surface area (Å²) < 4.78 is 25.4. The summed E-state index contributed by atoms with van der Waals surface area (Å²) in [5.41, 5.74) is 2.74. The monoisotopic (exact) mass is 473 g/mol. The molecule has 0 unspecified atom stereocenters. The lowest BCUT2D eigenvalue weighted by Gasteiger charge is -2.24. The quantitative estimate of drug-likeness (QED) is 0.428. The van der Waals surface area contributed by atoms with E-state index in [-0.39, 0.29) is 24.3 Å². The van der Waals surface area contributed by atoms with Gasteiger partial charge in [-0.05, 0) is 36.8 Å². The second-order valence-corrected chi connectivity index (χ2v) is 8.46. The lowest BCUT2D eigenvalue weighted by molar-refractivity contribution is 0.172. The van der Waals surface area contributed by atoms with Crippen LogP contribution in [0.25, 0.3) is 10.9 Å². The third-order valence-electron chi connectivity index (χ3n) is 5.84. The number of ether oxygens (including phenoxy) is 2. The highest BCUT2D eigenvalue weighted by Gasteiger charge is 2.19. The molecule has 3 aromatic carbocycles. The van der Waals surface area contributed by atoms with Crippen molar-refractivity contribution in [1.82, 2.24) is 9.88 Å². The number of aromatic nitrogens is 1. The molecule has 4 aromatic rings. The molecule has 0 fully saturated rings. The maximum atomic E-state index is 14.2. The molecule has 1 aliphatic heterocycles. The van der Waals surface area contributed by atoms with Gasteiger partial charge in [-0.1, -0.05) is 42.0 Å². The Balaban J connectivity index is 1.47. The summed E-state index contributed by atoms with van der Waals surface area (Å²) in [5.74, 6) is 0.652. The van der Waals surface area contributed by atoms with E-state index in [2.05, 4.69) is 10.3 Å². The van der Waals surface area contributed by atoms with Crippen LogP contribution in [0.4, 0.5) is 14.9 Å². The second kappa shape index (κ2) is 9.50. The number of fused-ring (bicyclic) bond motifs is 2. The fourth-order valence-electron chi connectivity index (χ4n) is 3.98. The zero-order valence-corrected chi connectivity index (χ0v) is 19.1. The number of rotatable bonds is 5. The lowest BCUT2D eigenvalue weighted by Crippen LogP contribution is -2.36. The Morgan fingerprint density at radius 3 is 2.46 bits per heavy atom. The first-order valence-corrected chi connectivity index (χ1v) is 11.3. The number of carbonyl (C=O) groups excluding carboxylic acids is 1. The number of nitrogens with one attached hydrogen (secondary N) is 2. The molecule has 0 bridgehead atoms. The second-order valence-electron chi connectivity index (χ2n) is 8.46. The smallest absolute Gasteiger partial charge is 0.322 e. The summed E-state index contributed by atoms with van der Waals surface area (Å²) >= 11 is 0. The van der Waals surface area contributed by atoms with Crippen LogP contribution in [-0.4, -0.2) is 29.1 Å². The molecule has 2 heterocycles. The Kier molecular flexibility index (Phi) is 6.10. The summed E-state index contributed by atoms with van der Waals surface area (Å²) in [5, 5.41) is 3.38. The van der Waals surface area contributed by atoms with Crippen LogP contribution < -0.4 is 20.3 Å². The molecule has 2 amide bonds. The van der Waals surface area contributed by atoms with E-state index in [4.69, 9.17) is 9.47 Å². The molecule has 0 saturated carbocycles. The number of aromatic amines is 1. The fourth-order valence-corrected chi connectivity index (χ4v) is 3.98. The first-order valence-electron chi connectivity index (χ1n) is 11.3. The zero-order valence-electron chi connectivity index (χ0n) is 19.1. The number of para-hydroxylation sites is 1. The van der Waals surface area contributed by atoms with Gasteiger partial charge in [0, 0.05) is 23.6 Å². The van der Waals surface area contributed by atoms with E-state index in [1.165, 1.54) is 17.0 Å². The van der Waals surface area contributed by atoms with Gasteiger partial charge in [0.15, 0.2) is 11.5 Å². The maximum Gasteiger partial charge on any atom is 0.322 e. The molecule has 8 heteroatoms. The molecule has 0 saturated heterocycles. The van der Waals surface area contributed by atoms with Crippen molar-refractivity contribution >= 4 is 22.6 Å². The van der Waals surface area contributed by atoms with Crippen molar-refractivity contribution < 1.29 is 18.7 Å². The standard InChI is InChI=1S/C27H24FN3O4/c1-17-6-8-18(9-7-17)15-31(27(33)30-22-5-3-2-4-21(22)28)16-20-12-19-13-24-25(35-11-10-34-24)14-23(19)29-26(20)32/h2-9,12-14H,10-11,15-16H2,1H3,(H,29,32)(H,30,33). The van der Waals surface area contributed by atoms with Crippen molar-refractivity contribution in [3.63, 3.8) is 0 Å². The average molecular weight is 474 g/mol. The summed E-state index contributed by atoms with van der Waals surface area (Å²) in [6, 6.07) is 18.5. The molecule has 1 aromatic heterocycles. The summed E-state index contributed by atoms with van der Waals surface area (Å²) in [7, 11) is 0. The van der Waals surface area contributed by atoms with Gasteiger partial charge in [-0.15, -0.1) is 0 Å². The van der Waals surface area contributed by atoms with Crippen LogP contribution in [0.2, 0.25) is 0 Å². The minimum Gasteiger partial charge on any atom is -0.486 e. The molecule has 0 aliphatic carbocycles. The number of urea groups is 1. The van der Waals surface area contributed by atoms with Crippen molar-refractivity contribution in [3.05, 3.63) is 99.6 Å². The van der Waals surface area contributed by atoms with Crippen molar-refractivity contribution in [3.8, 4) is 11.5 Å². The topological polar surface area (TPSA) is 83.7 Å². The van der Waals surface area contributed by atoms with Crippen LogP contribution in [0, 0.1) is 12.7 Å². The molecule has 5 rings (SSSR count). The number of carbonyl (C=O) groups is 1. The third-order valence-corrected chi connectivity index (χ3v) is 5.84. The van der Waals surface area contributed by atoms with Crippen LogP contribution in [0.3, 0.4) is 0 Å². The minimum atomic E-state index is -0.535. The predicted octanol–water partition coefficient (Wildman–Crippen LogP) is 4.98. The molecule has 35 heavy (non-hydrogen) atoms. The third kappa shape index (κ3) is 4.96. The van der Waals surface area contributed by atoms with Gasteiger partial charge in [0.05, 0.1) is 17.7 Å². The number of amides is 2. The molecule has 0 radical (unpaired) electrons. The number of nitrogens with zero attached hydrogens (tertiary/aromatic N) is 1. The zero-order chi connectivity index (χ0) is 24.4. The number of benzene rings is 3. The van der Waals surface area contributed by atoms with Crippen molar-refractivity contribution in [2.24, 2.45) is 0 Å². The average Bonchev–Trinajstić information content (AvgIpc) is 2.85. The van der Waals surface area contributed by atoms with E-state index in [1.807, 2.05) is 37.3 Å². The molecule has 1 aliphatic rings. The van der Waals surface area contributed by atoms with E-state index in [9.17, 15) is 14.0 Å². The van der Waals surface area contributed by atoms with Crippen molar-refractivity contribution in [1.29, 1.82) is 0 Å². The molecular weight excluding hydrogens is 449 g/mol. The highest BCUT2D eigenvalue weighted by atomic mass is 19.1. The predicted molar refractivity (Wildman–Crippen MR) is 131 cm³/mol. The van der Waals surface area contributed by atoms with Crippen LogP contribution in [0.15, 0.2) is 71.5 Å². The van der Waals surface area contributed by atoms with Gasteiger partial charge in [0.2, 0.25) is 0 Å². The number of halogens is 1. The summed E-state index contributed by atoms with van der Waals surface area (Å²) in [6.07, 6.45) is 0. The Bertz CT molecular complexity index is 1450. The van der Waals surface area contributed by atoms with Crippen molar-refractivity contribution in [2.75, 3.05) is 18.5 Å². The fraction of sp³-hybridized carbons (Fsp3) is 0.185. The van der Waals surface area contributed by atoms with E-state index in [0.717, 1.165) is 16.5 Å². The van der Waals surface area contributed by atoms with Crippen LogP contribution in [0.5, 0.6) is 11.5 Å². The number of aryl methyl sites for hydroxylation is 1. The van der Waals surface area contributed by atoms with Gasteiger partial charge in [-0.25, -0.2) is 9.18 Å². The molecule has 178 valence electrons. The highest BCUT2D eigenvalue weighted by Crippen LogP contribution is 2.33. The van der Waals surface area contributed by atoms with Gasteiger partial charge in [0.1, 0.15) is 19.0 Å². The maximum absolute atomic E-state index is 14.2. The van der Waals surface area contributed by atoms with E-state index in [0.29, 0.717) is 35.8 Å². The summed E-state index contributed by atoms with van der Waals surface area (Å²) in [4.78, 5) is 30.5. The van der Waals surface area contributed by atoms with E-state index >= 15 is 0 Å². The largest absolute Gasteiger partial charge is 0.486 e. The molecule has 0 spiro atoms. The molecule has 2 N–H and O–H groups in total. The van der Waals surface area contributed by atoms with Crippen molar-refractivity contribution in [2.45, 2.75) is 20.0 Å². The van der Waals surface area contributed by atoms with Gasteiger partial charge < -0.3 is 24.7 Å². The number of hydrogen-bond acceptors (Lipinski definition) is 4. The van der Waals surface area contributed by atoms with E-state index < -0.39 is 11.8 Å².